The van der Waals surface area contributed by atoms with Crippen LogP contribution in [0, 0.1) is 0 Å². The Morgan fingerprint density at radius 2 is 1.76 bits per heavy atom. The summed E-state index contributed by atoms with van der Waals surface area (Å²) in [5, 5.41) is 0. The molecule has 0 radical (unpaired) electrons. The maximum Gasteiger partial charge on any atom is 0.416 e. The van der Waals surface area contributed by atoms with Crippen molar-refractivity contribution >= 4 is 17.0 Å². The standard InChI is InChI=1S/C12H11F6N3/c13-11(14,15)4-1-5-21-9-3-2-7(12(16,17)18)6-8(9)20-10(21)19/h2-3,6H,1,4-5H2,(H2,19,20). The average Bonchev–Trinajstić information content (AvgIpc) is 2.62. The van der Waals surface area contributed by atoms with E-state index in [1.165, 1.54) is 4.57 Å². The summed E-state index contributed by atoms with van der Waals surface area (Å²) in [5.41, 5.74) is 4.96. The van der Waals surface area contributed by atoms with E-state index < -0.39 is 24.3 Å². The molecule has 9 heteroatoms. The van der Waals surface area contributed by atoms with Crippen molar-refractivity contribution in [2.24, 2.45) is 0 Å². The third-order valence-corrected chi connectivity index (χ3v) is 2.95. The lowest BCUT2D eigenvalue weighted by Gasteiger charge is -2.09. The molecule has 0 saturated carbocycles. The van der Waals surface area contributed by atoms with Crippen LogP contribution in [0.3, 0.4) is 0 Å². The number of halogens is 6. The number of nitrogens with zero attached hydrogens (tertiary/aromatic N) is 2. The van der Waals surface area contributed by atoms with Crippen LogP contribution in [0.15, 0.2) is 18.2 Å². The number of alkyl halides is 6. The Kier molecular flexibility index (Phi) is 3.77. The lowest BCUT2D eigenvalue weighted by molar-refractivity contribution is -0.137. The normalized spacial score (nSPS) is 13.0. The number of nitrogen functional groups attached to an aromatic ring is 1. The van der Waals surface area contributed by atoms with Crippen LogP contribution >= 0.6 is 0 Å². The van der Waals surface area contributed by atoms with Crippen LogP contribution in [-0.4, -0.2) is 15.7 Å². The van der Waals surface area contributed by atoms with E-state index in [0.717, 1.165) is 18.2 Å². The van der Waals surface area contributed by atoms with Crippen molar-refractivity contribution in [2.45, 2.75) is 31.7 Å². The molecule has 0 bridgehead atoms. The first-order chi connectivity index (χ1) is 9.58. The van der Waals surface area contributed by atoms with Crippen LogP contribution in [0.2, 0.25) is 0 Å². The van der Waals surface area contributed by atoms with Gasteiger partial charge in [0, 0.05) is 13.0 Å². The quantitative estimate of drug-likeness (QED) is 0.871. The van der Waals surface area contributed by atoms with Gasteiger partial charge >= 0.3 is 12.4 Å². The number of hydrogen-bond donors (Lipinski definition) is 1. The Bertz CT molecular complexity index is 641. The number of aromatic nitrogens is 2. The predicted molar refractivity (Wildman–Crippen MR) is 64.4 cm³/mol. The van der Waals surface area contributed by atoms with Crippen LogP contribution in [0.1, 0.15) is 18.4 Å². The lowest BCUT2D eigenvalue weighted by Crippen LogP contribution is -2.10. The molecule has 1 aromatic carbocycles. The molecule has 116 valence electrons. The summed E-state index contributed by atoms with van der Waals surface area (Å²) in [6.45, 7) is -0.0623. The second-order valence-corrected chi connectivity index (χ2v) is 4.54. The maximum atomic E-state index is 12.6. The highest BCUT2D eigenvalue weighted by atomic mass is 19.4. The highest BCUT2D eigenvalue weighted by Gasteiger charge is 2.31. The minimum Gasteiger partial charge on any atom is -0.369 e. The molecule has 0 unspecified atom stereocenters. The molecule has 0 aliphatic heterocycles. The summed E-state index contributed by atoms with van der Waals surface area (Å²) in [6, 6.07) is 2.84. The van der Waals surface area contributed by atoms with E-state index in [0.29, 0.717) is 0 Å². The molecule has 1 heterocycles. The van der Waals surface area contributed by atoms with Gasteiger partial charge in [0.1, 0.15) is 0 Å². The summed E-state index contributed by atoms with van der Waals surface area (Å²) >= 11 is 0. The molecule has 0 spiro atoms. The van der Waals surface area contributed by atoms with Crippen LogP contribution in [0.5, 0.6) is 0 Å². The van der Waals surface area contributed by atoms with Crippen molar-refractivity contribution < 1.29 is 26.3 Å². The number of benzene rings is 1. The van der Waals surface area contributed by atoms with Gasteiger partial charge in [-0.3, -0.25) is 0 Å². The van der Waals surface area contributed by atoms with Gasteiger partial charge < -0.3 is 10.3 Å². The maximum absolute atomic E-state index is 12.6. The fourth-order valence-corrected chi connectivity index (χ4v) is 2.00. The first kappa shape index (κ1) is 15.5. The largest absolute Gasteiger partial charge is 0.416 e. The van der Waals surface area contributed by atoms with Gasteiger partial charge in [-0.1, -0.05) is 0 Å². The number of anilines is 1. The first-order valence-electron chi connectivity index (χ1n) is 5.97. The first-order valence-corrected chi connectivity index (χ1v) is 5.97. The van der Waals surface area contributed by atoms with E-state index in [1.54, 1.807) is 0 Å². The molecule has 0 amide bonds. The Hall–Kier alpha value is -1.93. The predicted octanol–water partition coefficient (Wildman–Crippen LogP) is 3.98. The van der Waals surface area contributed by atoms with E-state index in [9.17, 15) is 26.3 Å². The summed E-state index contributed by atoms with van der Waals surface area (Å²) in [5.74, 6) is -0.105. The molecule has 0 atom stereocenters. The van der Waals surface area contributed by atoms with Gasteiger partial charge in [0.15, 0.2) is 0 Å². The Morgan fingerprint density at radius 1 is 1.10 bits per heavy atom. The van der Waals surface area contributed by atoms with Crippen LogP contribution < -0.4 is 5.73 Å². The topological polar surface area (TPSA) is 43.8 Å². The van der Waals surface area contributed by atoms with Crippen molar-refractivity contribution in [2.75, 3.05) is 5.73 Å². The molecule has 0 aliphatic carbocycles. The van der Waals surface area contributed by atoms with Gasteiger partial charge in [-0.15, -0.1) is 0 Å². The third kappa shape index (κ3) is 3.59. The van der Waals surface area contributed by atoms with E-state index in [4.69, 9.17) is 5.73 Å². The molecule has 2 aromatic rings. The van der Waals surface area contributed by atoms with Gasteiger partial charge in [0.05, 0.1) is 16.6 Å². The smallest absolute Gasteiger partial charge is 0.369 e. The number of nitrogens with two attached hydrogens (primary N) is 1. The minimum atomic E-state index is -4.51. The van der Waals surface area contributed by atoms with Gasteiger partial charge in [0.2, 0.25) is 5.95 Å². The number of rotatable bonds is 3. The van der Waals surface area contributed by atoms with E-state index >= 15 is 0 Å². The Morgan fingerprint density at radius 3 is 2.33 bits per heavy atom. The van der Waals surface area contributed by atoms with Crippen molar-refractivity contribution in [3.63, 3.8) is 0 Å². The Labute approximate surface area is 115 Å². The number of hydrogen-bond acceptors (Lipinski definition) is 2. The summed E-state index contributed by atoms with van der Waals surface area (Å²) < 4.78 is 75.3. The molecule has 2 N–H and O–H groups in total. The lowest BCUT2D eigenvalue weighted by atomic mass is 10.2. The second-order valence-electron chi connectivity index (χ2n) is 4.54. The monoisotopic (exact) mass is 311 g/mol. The minimum absolute atomic E-state index is 0.00864. The molecule has 0 saturated heterocycles. The fraction of sp³-hybridized carbons (Fsp3) is 0.417. The van der Waals surface area contributed by atoms with Crippen molar-refractivity contribution in [1.82, 2.24) is 9.55 Å². The van der Waals surface area contributed by atoms with Crippen LogP contribution in [0.4, 0.5) is 32.3 Å². The number of fused-ring (bicyclic) bond motifs is 1. The third-order valence-electron chi connectivity index (χ3n) is 2.95. The van der Waals surface area contributed by atoms with Crippen molar-refractivity contribution in [1.29, 1.82) is 0 Å². The van der Waals surface area contributed by atoms with Gasteiger partial charge in [-0.25, -0.2) is 4.98 Å². The van der Waals surface area contributed by atoms with E-state index in [2.05, 4.69) is 4.98 Å². The zero-order valence-corrected chi connectivity index (χ0v) is 10.6. The van der Waals surface area contributed by atoms with Crippen LogP contribution in [-0.2, 0) is 12.7 Å². The molecule has 1 aromatic heterocycles. The summed E-state index contributed by atoms with van der Waals surface area (Å²) in [4.78, 5) is 3.76. The van der Waals surface area contributed by atoms with Crippen LogP contribution in [0.25, 0.3) is 11.0 Å². The molecule has 3 nitrogen and oxygen atoms in total. The molecular weight excluding hydrogens is 300 g/mol. The van der Waals surface area contributed by atoms with E-state index in [-0.39, 0.29) is 29.9 Å². The average molecular weight is 311 g/mol. The van der Waals surface area contributed by atoms with Gasteiger partial charge in [0.25, 0.3) is 0 Å². The highest BCUT2D eigenvalue weighted by Crippen LogP contribution is 2.32. The summed E-state index contributed by atoms with van der Waals surface area (Å²) in [7, 11) is 0. The highest BCUT2D eigenvalue weighted by molar-refractivity contribution is 5.79. The molecular formula is C12H11F6N3. The van der Waals surface area contributed by atoms with Gasteiger partial charge in [-0.2, -0.15) is 26.3 Å². The van der Waals surface area contributed by atoms with E-state index in [1.807, 2.05) is 0 Å². The molecule has 0 fully saturated rings. The SMILES string of the molecule is Nc1nc2cc(C(F)(F)F)ccc2n1CCCC(F)(F)F. The molecule has 0 aliphatic rings. The zero-order chi connectivity index (χ0) is 15.8. The Balaban J connectivity index is 2.27. The van der Waals surface area contributed by atoms with Gasteiger partial charge in [-0.05, 0) is 24.6 Å². The molecule has 21 heavy (non-hydrogen) atoms. The summed E-state index contributed by atoms with van der Waals surface area (Å²) in [6.07, 6.45) is -10.0. The molecule has 2 rings (SSSR count). The van der Waals surface area contributed by atoms with Crippen molar-refractivity contribution in [3.05, 3.63) is 23.8 Å². The van der Waals surface area contributed by atoms with Crippen molar-refractivity contribution in [3.8, 4) is 0 Å². The number of imidazole rings is 1. The zero-order valence-electron chi connectivity index (χ0n) is 10.6. The fourth-order valence-electron chi connectivity index (χ4n) is 2.00. The second kappa shape index (κ2) is 5.12. The number of aryl methyl sites for hydroxylation is 1.